The van der Waals surface area contributed by atoms with Gasteiger partial charge in [0, 0.05) is 5.75 Å². The number of thioether (sulfide) groups is 2. The number of carbonyl (C=O) groups is 1. The summed E-state index contributed by atoms with van der Waals surface area (Å²) in [6.45, 7) is 0. The molecule has 0 saturated heterocycles. The molecular formula is C7H10N2O3S3. The second-order valence-corrected chi connectivity index (χ2v) is 5.90. The highest BCUT2D eigenvalue weighted by Gasteiger charge is 2.11. The highest BCUT2D eigenvalue weighted by Crippen LogP contribution is 2.27. The first-order chi connectivity index (χ1) is 7.11. The highest BCUT2D eigenvalue weighted by molar-refractivity contribution is 8.02. The average molecular weight is 266 g/mol. The zero-order chi connectivity index (χ0) is 11.3. The minimum absolute atomic E-state index is 0.235. The fourth-order valence-electron chi connectivity index (χ4n) is 0.766. The molecule has 0 bridgehead atoms. The normalized spacial score (nSPS) is 12.7. The van der Waals surface area contributed by atoms with Crippen LogP contribution in [0.15, 0.2) is 8.68 Å². The fourth-order valence-corrected chi connectivity index (χ4v) is 3.16. The molecule has 5 nitrogen and oxygen atoms in total. The molecule has 0 spiro atoms. The molecule has 1 rings (SSSR count). The average Bonchev–Trinajstić information content (AvgIpc) is 2.61. The van der Waals surface area contributed by atoms with Crippen LogP contribution in [0.1, 0.15) is 6.42 Å². The number of aromatic nitrogens is 2. The summed E-state index contributed by atoms with van der Waals surface area (Å²) in [5.41, 5.74) is 0. The fraction of sp³-hybridized carbons (Fsp3) is 0.571. The van der Waals surface area contributed by atoms with Crippen LogP contribution in [0.25, 0.3) is 0 Å². The van der Waals surface area contributed by atoms with Gasteiger partial charge in [-0.3, -0.25) is 4.79 Å². The molecule has 0 radical (unpaired) electrons. The largest absolute Gasteiger partial charge is 0.481 e. The van der Waals surface area contributed by atoms with E-state index in [4.69, 9.17) is 5.11 Å². The van der Waals surface area contributed by atoms with Gasteiger partial charge >= 0.3 is 5.97 Å². The standard InChI is InChI=1S/C7H10N2O3S3/c1-13-6-8-9-7(15-6)14-3-4(10)2-5(11)12/h4,10H,2-3H2,1H3,(H,11,12). The van der Waals surface area contributed by atoms with Gasteiger partial charge in [0.1, 0.15) is 0 Å². The first kappa shape index (κ1) is 12.8. The Bertz CT molecular complexity index is 331. The van der Waals surface area contributed by atoms with Crippen LogP contribution in [-0.2, 0) is 4.79 Å². The minimum Gasteiger partial charge on any atom is -0.481 e. The Morgan fingerprint density at radius 3 is 2.73 bits per heavy atom. The predicted octanol–water partition coefficient (Wildman–Crippen LogP) is 1.19. The molecule has 0 fully saturated rings. The lowest BCUT2D eigenvalue weighted by Gasteiger charge is -2.04. The summed E-state index contributed by atoms with van der Waals surface area (Å²) in [7, 11) is 0. The van der Waals surface area contributed by atoms with Gasteiger partial charge < -0.3 is 10.2 Å². The van der Waals surface area contributed by atoms with Gasteiger partial charge in [-0.1, -0.05) is 34.9 Å². The summed E-state index contributed by atoms with van der Waals surface area (Å²) in [5, 5.41) is 25.5. The number of hydrogen-bond acceptors (Lipinski definition) is 7. The van der Waals surface area contributed by atoms with E-state index < -0.39 is 12.1 Å². The van der Waals surface area contributed by atoms with Gasteiger partial charge in [-0.05, 0) is 6.26 Å². The molecule has 0 saturated carbocycles. The number of aliphatic carboxylic acids is 1. The summed E-state index contributed by atoms with van der Waals surface area (Å²) >= 11 is 4.27. The molecule has 1 atom stereocenters. The smallest absolute Gasteiger partial charge is 0.306 e. The third-order valence-corrected chi connectivity index (χ3v) is 4.55. The van der Waals surface area contributed by atoms with Crippen molar-refractivity contribution in [2.24, 2.45) is 0 Å². The Labute approximate surface area is 99.3 Å². The Balaban J connectivity index is 2.33. The zero-order valence-corrected chi connectivity index (χ0v) is 10.4. The summed E-state index contributed by atoms with van der Waals surface area (Å²) in [6, 6.07) is 0. The van der Waals surface area contributed by atoms with Crippen LogP contribution in [0, 0.1) is 0 Å². The number of aliphatic hydroxyl groups is 1. The van der Waals surface area contributed by atoms with Crippen molar-refractivity contribution >= 4 is 40.8 Å². The summed E-state index contributed by atoms with van der Waals surface area (Å²) in [6.07, 6.45) is 0.837. The van der Waals surface area contributed by atoms with E-state index in [-0.39, 0.29) is 6.42 Å². The molecule has 0 aliphatic carbocycles. The van der Waals surface area contributed by atoms with E-state index in [1.54, 1.807) is 0 Å². The van der Waals surface area contributed by atoms with Crippen molar-refractivity contribution in [3.05, 3.63) is 0 Å². The molecule has 1 heterocycles. The first-order valence-electron chi connectivity index (χ1n) is 4.02. The van der Waals surface area contributed by atoms with Crippen LogP contribution >= 0.6 is 34.9 Å². The van der Waals surface area contributed by atoms with Crippen molar-refractivity contribution in [3.63, 3.8) is 0 Å². The first-order valence-corrected chi connectivity index (χ1v) is 7.04. The number of carboxylic acid groups (broad SMARTS) is 1. The second-order valence-electron chi connectivity index (χ2n) is 2.60. The second kappa shape index (κ2) is 6.31. The molecule has 2 N–H and O–H groups in total. The monoisotopic (exact) mass is 266 g/mol. The summed E-state index contributed by atoms with van der Waals surface area (Å²) in [4.78, 5) is 10.3. The molecule has 0 aliphatic rings. The molecule has 0 aromatic carbocycles. The molecule has 15 heavy (non-hydrogen) atoms. The van der Waals surface area contributed by atoms with Crippen LogP contribution in [0.3, 0.4) is 0 Å². The Kier molecular flexibility index (Phi) is 5.37. The zero-order valence-electron chi connectivity index (χ0n) is 7.91. The van der Waals surface area contributed by atoms with Crippen molar-refractivity contribution in [1.82, 2.24) is 10.2 Å². The number of rotatable bonds is 6. The molecule has 84 valence electrons. The van der Waals surface area contributed by atoms with Crippen molar-refractivity contribution in [2.45, 2.75) is 21.2 Å². The Morgan fingerprint density at radius 1 is 1.53 bits per heavy atom. The van der Waals surface area contributed by atoms with Gasteiger partial charge in [-0.2, -0.15) is 0 Å². The third kappa shape index (κ3) is 4.83. The van der Waals surface area contributed by atoms with Crippen molar-refractivity contribution < 1.29 is 15.0 Å². The topological polar surface area (TPSA) is 83.3 Å². The van der Waals surface area contributed by atoms with Crippen LogP contribution < -0.4 is 0 Å². The van der Waals surface area contributed by atoms with Crippen LogP contribution in [0.5, 0.6) is 0 Å². The lowest BCUT2D eigenvalue weighted by atomic mass is 10.3. The lowest BCUT2D eigenvalue weighted by molar-refractivity contribution is -0.138. The van der Waals surface area contributed by atoms with Gasteiger partial charge in [0.05, 0.1) is 12.5 Å². The SMILES string of the molecule is CSc1nnc(SCC(O)CC(=O)O)s1. The Morgan fingerprint density at radius 2 is 2.20 bits per heavy atom. The maximum absolute atomic E-state index is 10.3. The van der Waals surface area contributed by atoms with E-state index in [1.807, 2.05) is 6.26 Å². The van der Waals surface area contributed by atoms with E-state index in [2.05, 4.69) is 10.2 Å². The van der Waals surface area contributed by atoms with Crippen molar-refractivity contribution in [3.8, 4) is 0 Å². The van der Waals surface area contributed by atoms with Gasteiger partial charge in [-0.25, -0.2) is 0 Å². The number of carboxylic acids is 1. The van der Waals surface area contributed by atoms with E-state index >= 15 is 0 Å². The van der Waals surface area contributed by atoms with Gasteiger partial charge in [0.25, 0.3) is 0 Å². The van der Waals surface area contributed by atoms with E-state index in [0.717, 1.165) is 8.68 Å². The molecule has 1 aromatic rings. The maximum atomic E-state index is 10.3. The highest BCUT2D eigenvalue weighted by atomic mass is 32.2. The molecular weight excluding hydrogens is 256 g/mol. The van der Waals surface area contributed by atoms with E-state index in [0.29, 0.717) is 5.75 Å². The molecule has 0 aliphatic heterocycles. The maximum Gasteiger partial charge on any atom is 0.306 e. The van der Waals surface area contributed by atoms with Gasteiger partial charge in [0.15, 0.2) is 8.68 Å². The van der Waals surface area contributed by atoms with Gasteiger partial charge in [-0.15, -0.1) is 10.2 Å². The van der Waals surface area contributed by atoms with Crippen LogP contribution in [0.2, 0.25) is 0 Å². The van der Waals surface area contributed by atoms with Crippen molar-refractivity contribution in [1.29, 1.82) is 0 Å². The number of nitrogens with zero attached hydrogens (tertiary/aromatic N) is 2. The summed E-state index contributed by atoms with van der Waals surface area (Å²) in [5.74, 6) is -0.667. The van der Waals surface area contributed by atoms with Crippen LogP contribution in [-0.4, -0.2) is 44.5 Å². The van der Waals surface area contributed by atoms with E-state index in [1.165, 1.54) is 34.9 Å². The molecule has 0 amide bonds. The Hall–Kier alpha value is -0.310. The summed E-state index contributed by atoms with van der Waals surface area (Å²) < 4.78 is 1.62. The molecule has 1 unspecified atom stereocenters. The molecule has 1 aromatic heterocycles. The number of hydrogen-bond donors (Lipinski definition) is 2. The molecule has 8 heteroatoms. The third-order valence-electron chi connectivity index (χ3n) is 1.37. The van der Waals surface area contributed by atoms with Crippen molar-refractivity contribution in [2.75, 3.05) is 12.0 Å². The van der Waals surface area contributed by atoms with E-state index in [9.17, 15) is 9.90 Å². The van der Waals surface area contributed by atoms with Gasteiger partial charge in [0.2, 0.25) is 0 Å². The predicted molar refractivity (Wildman–Crippen MR) is 60.7 cm³/mol. The quantitative estimate of drug-likeness (QED) is 0.748. The minimum atomic E-state index is -0.995. The number of aliphatic hydroxyl groups excluding tert-OH is 1. The van der Waals surface area contributed by atoms with Crippen LogP contribution in [0.4, 0.5) is 0 Å². The lowest BCUT2D eigenvalue weighted by Crippen LogP contribution is -2.15.